The number of rotatable bonds is 6. The Morgan fingerprint density at radius 3 is 2.12 bits per heavy atom. The minimum Gasteiger partial charge on any atom is -0.398 e. The van der Waals surface area contributed by atoms with Crippen LogP contribution in [0, 0.1) is 11.8 Å². The second-order valence-electron chi connectivity index (χ2n) is 5.78. The largest absolute Gasteiger partial charge is 0.398 e. The minimum atomic E-state index is 0.948. The van der Waals surface area contributed by atoms with Crippen molar-refractivity contribution in [2.75, 3.05) is 18.8 Å². The number of nitrogen functional groups attached to an aromatic ring is 1. The number of hydrogen-bond donors (Lipinski definition) is 1. The third kappa shape index (κ3) is 3.22. The summed E-state index contributed by atoms with van der Waals surface area (Å²) in [5, 5.41) is 0. The van der Waals surface area contributed by atoms with Crippen LogP contribution < -0.4 is 5.73 Å². The molecule has 0 aromatic heterocycles. The first-order chi connectivity index (χ1) is 8.31. The lowest BCUT2D eigenvalue weighted by Gasteiger charge is -2.23. The molecular weight excluding hydrogens is 208 g/mol. The highest BCUT2D eigenvalue weighted by Crippen LogP contribution is 2.34. The summed E-state index contributed by atoms with van der Waals surface area (Å²) in [5.74, 6) is 1.94. The lowest BCUT2D eigenvalue weighted by atomic mass is 10.1. The van der Waals surface area contributed by atoms with Crippen LogP contribution >= 0.6 is 0 Å². The Labute approximate surface area is 104 Å². The van der Waals surface area contributed by atoms with Crippen molar-refractivity contribution in [1.29, 1.82) is 0 Å². The zero-order valence-corrected chi connectivity index (χ0v) is 10.4. The van der Waals surface area contributed by atoms with Gasteiger partial charge in [0, 0.05) is 25.3 Å². The van der Waals surface area contributed by atoms with E-state index in [9.17, 15) is 0 Å². The Kier molecular flexibility index (Phi) is 3.06. The molecule has 2 aliphatic carbocycles. The van der Waals surface area contributed by atoms with Crippen LogP contribution in [0.3, 0.4) is 0 Å². The zero-order valence-electron chi connectivity index (χ0n) is 10.4. The summed E-state index contributed by atoms with van der Waals surface area (Å²) >= 11 is 0. The van der Waals surface area contributed by atoms with Crippen molar-refractivity contribution in [2.24, 2.45) is 11.8 Å². The van der Waals surface area contributed by atoms with E-state index in [1.54, 1.807) is 0 Å². The van der Waals surface area contributed by atoms with Crippen LogP contribution in [0.1, 0.15) is 31.2 Å². The molecule has 0 spiro atoms. The van der Waals surface area contributed by atoms with Crippen LogP contribution in [-0.4, -0.2) is 18.0 Å². The molecule has 0 radical (unpaired) electrons. The van der Waals surface area contributed by atoms with Crippen LogP contribution in [0.2, 0.25) is 0 Å². The van der Waals surface area contributed by atoms with Crippen LogP contribution in [0.4, 0.5) is 5.69 Å². The second kappa shape index (κ2) is 4.69. The van der Waals surface area contributed by atoms with Gasteiger partial charge >= 0.3 is 0 Å². The molecule has 17 heavy (non-hydrogen) atoms. The van der Waals surface area contributed by atoms with Gasteiger partial charge in [-0.15, -0.1) is 0 Å². The van der Waals surface area contributed by atoms with Gasteiger partial charge in [-0.3, -0.25) is 4.90 Å². The maximum atomic E-state index is 6.04. The quantitative estimate of drug-likeness (QED) is 0.761. The molecule has 92 valence electrons. The Hall–Kier alpha value is -1.02. The number of hydrogen-bond acceptors (Lipinski definition) is 2. The molecule has 0 saturated heterocycles. The normalized spacial score (nSPS) is 19.8. The predicted octanol–water partition coefficient (Wildman–Crippen LogP) is 2.89. The third-order valence-corrected chi connectivity index (χ3v) is 3.88. The molecule has 2 heteroatoms. The summed E-state index contributed by atoms with van der Waals surface area (Å²) < 4.78 is 0. The zero-order chi connectivity index (χ0) is 11.7. The maximum absolute atomic E-state index is 6.04. The molecule has 1 aromatic rings. The molecule has 1 aromatic carbocycles. The van der Waals surface area contributed by atoms with E-state index in [0.717, 1.165) is 24.1 Å². The topological polar surface area (TPSA) is 29.3 Å². The van der Waals surface area contributed by atoms with Gasteiger partial charge in [0.05, 0.1) is 0 Å². The van der Waals surface area contributed by atoms with E-state index in [-0.39, 0.29) is 0 Å². The van der Waals surface area contributed by atoms with E-state index in [1.165, 1.54) is 44.3 Å². The molecule has 2 fully saturated rings. The number of nitrogens with zero attached hydrogens (tertiary/aromatic N) is 1. The molecule has 0 aliphatic heterocycles. The van der Waals surface area contributed by atoms with E-state index in [2.05, 4.69) is 17.0 Å². The maximum Gasteiger partial charge on any atom is 0.0359 e. The van der Waals surface area contributed by atoms with Crippen molar-refractivity contribution < 1.29 is 0 Å². The van der Waals surface area contributed by atoms with Gasteiger partial charge in [-0.1, -0.05) is 18.2 Å². The summed E-state index contributed by atoms with van der Waals surface area (Å²) in [6.07, 6.45) is 5.74. The smallest absolute Gasteiger partial charge is 0.0359 e. The van der Waals surface area contributed by atoms with E-state index >= 15 is 0 Å². The molecule has 2 saturated carbocycles. The SMILES string of the molecule is Nc1ccccc1CN(CC1CC1)CC1CC1. The van der Waals surface area contributed by atoms with Gasteiger partial charge in [-0.05, 0) is 49.1 Å². The van der Waals surface area contributed by atoms with Crippen LogP contribution in [-0.2, 0) is 6.54 Å². The van der Waals surface area contributed by atoms with E-state index in [1.807, 2.05) is 12.1 Å². The molecule has 0 bridgehead atoms. The van der Waals surface area contributed by atoms with Gasteiger partial charge < -0.3 is 5.73 Å². The third-order valence-electron chi connectivity index (χ3n) is 3.88. The summed E-state index contributed by atoms with van der Waals surface area (Å²) in [6, 6.07) is 8.30. The Morgan fingerprint density at radius 2 is 1.59 bits per heavy atom. The second-order valence-corrected chi connectivity index (χ2v) is 5.78. The standard InChI is InChI=1S/C15H22N2/c16-15-4-2-1-3-14(15)11-17(9-12-5-6-12)10-13-7-8-13/h1-4,12-13H,5-11,16H2. The molecule has 2 nitrogen and oxygen atoms in total. The number of benzene rings is 1. The van der Waals surface area contributed by atoms with Gasteiger partial charge in [0.25, 0.3) is 0 Å². The van der Waals surface area contributed by atoms with Gasteiger partial charge in [0.2, 0.25) is 0 Å². The summed E-state index contributed by atoms with van der Waals surface area (Å²) in [6.45, 7) is 3.61. The molecule has 0 atom stereocenters. The highest BCUT2D eigenvalue weighted by Gasteiger charge is 2.29. The number of anilines is 1. The van der Waals surface area contributed by atoms with Crippen molar-refractivity contribution in [3.8, 4) is 0 Å². The first-order valence-corrected chi connectivity index (χ1v) is 6.87. The average Bonchev–Trinajstić information content (AvgIpc) is 3.17. The van der Waals surface area contributed by atoms with Crippen LogP contribution in [0.25, 0.3) is 0 Å². The fourth-order valence-electron chi connectivity index (χ4n) is 2.45. The van der Waals surface area contributed by atoms with Gasteiger partial charge in [0.15, 0.2) is 0 Å². The highest BCUT2D eigenvalue weighted by atomic mass is 15.1. The lowest BCUT2D eigenvalue weighted by molar-refractivity contribution is 0.244. The molecule has 0 unspecified atom stereocenters. The van der Waals surface area contributed by atoms with E-state index in [4.69, 9.17) is 5.73 Å². The van der Waals surface area contributed by atoms with Crippen molar-refractivity contribution >= 4 is 5.69 Å². The summed E-state index contributed by atoms with van der Waals surface area (Å²) in [7, 11) is 0. The van der Waals surface area contributed by atoms with Crippen LogP contribution in [0.15, 0.2) is 24.3 Å². The highest BCUT2D eigenvalue weighted by molar-refractivity contribution is 5.46. The lowest BCUT2D eigenvalue weighted by Crippen LogP contribution is -2.28. The van der Waals surface area contributed by atoms with Crippen molar-refractivity contribution in [3.05, 3.63) is 29.8 Å². The molecular formula is C15H22N2. The molecule has 2 N–H and O–H groups in total. The minimum absolute atomic E-state index is 0.948. The van der Waals surface area contributed by atoms with Gasteiger partial charge in [-0.25, -0.2) is 0 Å². The first-order valence-electron chi connectivity index (χ1n) is 6.87. The molecule has 0 amide bonds. The average molecular weight is 230 g/mol. The monoisotopic (exact) mass is 230 g/mol. The summed E-state index contributed by atoms with van der Waals surface area (Å²) in [5.41, 5.74) is 8.28. The van der Waals surface area contributed by atoms with Gasteiger partial charge in [0.1, 0.15) is 0 Å². The summed E-state index contributed by atoms with van der Waals surface area (Å²) in [4.78, 5) is 2.63. The van der Waals surface area contributed by atoms with E-state index < -0.39 is 0 Å². The van der Waals surface area contributed by atoms with Crippen molar-refractivity contribution in [3.63, 3.8) is 0 Å². The molecule has 0 heterocycles. The molecule has 3 rings (SSSR count). The Morgan fingerprint density at radius 1 is 1.00 bits per heavy atom. The van der Waals surface area contributed by atoms with Gasteiger partial charge in [-0.2, -0.15) is 0 Å². The molecule has 2 aliphatic rings. The first kappa shape index (κ1) is 11.1. The van der Waals surface area contributed by atoms with Crippen molar-refractivity contribution in [2.45, 2.75) is 32.2 Å². The van der Waals surface area contributed by atoms with Crippen molar-refractivity contribution in [1.82, 2.24) is 4.90 Å². The van der Waals surface area contributed by atoms with E-state index in [0.29, 0.717) is 0 Å². The number of nitrogens with two attached hydrogens (primary N) is 1. The van der Waals surface area contributed by atoms with Crippen LogP contribution in [0.5, 0.6) is 0 Å². The number of para-hydroxylation sites is 1. The Balaban J connectivity index is 1.63. The fourth-order valence-corrected chi connectivity index (χ4v) is 2.45. The fraction of sp³-hybridized carbons (Fsp3) is 0.600. The Bertz CT molecular complexity index is 366. The predicted molar refractivity (Wildman–Crippen MR) is 71.6 cm³/mol.